The highest BCUT2D eigenvalue weighted by Crippen LogP contribution is 2.48. The molecular weight excluding hydrogens is 240 g/mol. The lowest BCUT2D eigenvalue weighted by molar-refractivity contribution is 0.175. The summed E-state index contributed by atoms with van der Waals surface area (Å²) < 4.78 is 7.19. The lowest BCUT2D eigenvalue weighted by atomic mass is 10.0. The van der Waals surface area contributed by atoms with Crippen molar-refractivity contribution in [2.45, 2.75) is 46.1 Å². The summed E-state index contributed by atoms with van der Waals surface area (Å²) in [5.41, 5.74) is 8.23. The van der Waals surface area contributed by atoms with E-state index in [1.165, 1.54) is 12.8 Å². The summed E-state index contributed by atoms with van der Waals surface area (Å²) in [6.45, 7) is 6.83. The Morgan fingerprint density at radius 2 is 2.21 bits per heavy atom. The Labute approximate surface area is 115 Å². The van der Waals surface area contributed by atoms with Crippen LogP contribution in [0.25, 0.3) is 0 Å². The minimum Gasteiger partial charge on any atom is -0.394 e. The van der Waals surface area contributed by atoms with Crippen molar-refractivity contribution >= 4 is 11.5 Å². The summed E-state index contributed by atoms with van der Waals surface area (Å²) in [7, 11) is 1.77. The van der Waals surface area contributed by atoms with Crippen LogP contribution >= 0.6 is 0 Å². The minimum absolute atomic E-state index is 0.414. The van der Waals surface area contributed by atoms with E-state index in [0.717, 1.165) is 49.7 Å². The monoisotopic (exact) mass is 266 g/mol. The Morgan fingerprint density at radius 1 is 1.47 bits per heavy atom. The van der Waals surface area contributed by atoms with Crippen molar-refractivity contribution in [1.29, 1.82) is 0 Å². The first kappa shape index (κ1) is 14.2. The molecule has 0 saturated heterocycles. The molecule has 1 aliphatic rings. The topological polar surface area (TPSA) is 65.1 Å². The molecule has 108 valence electrons. The molecule has 0 amide bonds. The summed E-state index contributed by atoms with van der Waals surface area (Å²) >= 11 is 0. The summed E-state index contributed by atoms with van der Waals surface area (Å²) in [4.78, 5) is 0. The van der Waals surface area contributed by atoms with Crippen molar-refractivity contribution in [2.75, 3.05) is 31.3 Å². The first-order chi connectivity index (χ1) is 9.12. The molecule has 1 aromatic heterocycles. The fourth-order valence-corrected chi connectivity index (χ4v) is 2.44. The SMILES string of the molecule is CCCn1nc(C)c(N)c1NCC1(CCOC)CC1. The van der Waals surface area contributed by atoms with Crippen molar-refractivity contribution in [1.82, 2.24) is 9.78 Å². The minimum atomic E-state index is 0.414. The first-order valence-electron chi connectivity index (χ1n) is 7.17. The molecule has 1 aliphatic carbocycles. The third kappa shape index (κ3) is 3.21. The Bertz CT molecular complexity index is 423. The van der Waals surface area contributed by atoms with Crippen LogP contribution in [0.3, 0.4) is 0 Å². The number of hydrogen-bond acceptors (Lipinski definition) is 4. The largest absolute Gasteiger partial charge is 0.394 e. The van der Waals surface area contributed by atoms with Gasteiger partial charge in [0.15, 0.2) is 0 Å². The molecule has 1 aromatic rings. The number of methoxy groups -OCH3 is 1. The maximum Gasteiger partial charge on any atom is 0.148 e. The number of anilines is 2. The third-order valence-corrected chi connectivity index (χ3v) is 4.03. The molecule has 1 heterocycles. The van der Waals surface area contributed by atoms with E-state index in [9.17, 15) is 0 Å². The van der Waals surface area contributed by atoms with Crippen molar-refractivity contribution in [2.24, 2.45) is 5.41 Å². The fourth-order valence-electron chi connectivity index (χ4n) is 2.44. The number of aromatic nitrogens is 2. The maximum atomic E-state index is 6.11. The van der Waals surface area contributed by atoms with Crippen LogP contribution in [0.2, 0.25) is 0 Å². The summed E-state index contributed by atoms with van der Waals surface area (Å²) in [5.74, 6) is 0.989. The first-order valence-corrected chi connectivity index (χ1v) is 7.17. The number of nitrogens with one attached hydrogen (secondary N) is 1. The second-order valence-corrected chi connectivity index (χ2v) is 5.67. The zero-order valence-electron chi connectivity index (χ0n) is 12.3. The molecule has 5 nitrogen and oxygen atoms in total. The van der Waals surface area contributed by atoms with Gasteiger partial charge in [0.2, 0.25) is 0 Å². The molecule has 0 radical (unpaired) electrons. The Kier molecular flexibility index (Phi) is 4.34. The number of hydrogen-bond donors (Lipinski definition) is 2. The van der Waals surface area contributed by atoms with Gasteiger partial charge in [-0.2, -0.15) is 5.10 Å². The summed E-state index contributed by atoms with van der Waals surface area (Å²) in [5, 5.41) is 8.01. The molecule has 0 aromatic carbocycles. The van der Waals surface area contributed by atoms with Crippen molar-refractivity contribution in [3.05, 3.63) is 5.69 Å². The van der Waals surface area contributed by atoms with E-state index >= 15 is 0 Å². The van der Waals surface area contributed by atoms with Crippen LogP contribution < -0.4 is 11.1 Å². The summed E-state index contributed by atoms with van der Waals surface area (Å²) in [6, 6.07) is 0. The molecule has 0 bridgehead atoms. The second kappa shape index (κ2) is 5.82. The fraction of sp³-hybridized carbons (Fsp3) is 0.786. The van der Waals surface area contributed by atoms with E-state index in [-0.39, 0.29) is 0 Å². The van der Waals surface area contributed by atoms with Gasteiger partial charge in [-0.25, -0.2) is 4.68 Å². The Balaban J connectivity index is 1.99. The van der Waals surface area contributed by atoms with Gasteiger partial charge in [-0.15, -0.1) is 0 Å². The Morgan fingerprint density at radius 3 is 2.79 bits per heavy atom. The van der Waals surface area contributed by atoms with Crippen molar-refractivity contribution in [3.8, 4) is 0 Å². The zero-order chi connectivity index (χ0) is 13.9. The molecule has 2 rings (SSSR count). The predicted octanol–water partition coefficient (Wildman–Crippen LogP) is 2.41. The molecule has 19 heavy (non-hydrogen) atoms. The Hall–Kier alpha value is -1.23. The van der Waals surface area contributed by atoms with Gasteiger partial charge in [0.05, 0.1) is 11.4 Å². The van der Waals surface area contributed by atoms with E-state index in [1.54, 1.807) is 7.11 Å². The molecule has 0 aliphatic heterocycles. The van der Waals surface area contributed by atoms with E-state index in [0.29, 0.717) is 5.41 Å². The van der Waals surface area contributed by atoms with Crippen LogP contribution in [-0.4, -0.2) is 30.0 Å². The number of rotatable bonds is 8. The highest BCUT2D eigenvalue weighted by atomic mass is 16.5. The molecule has 1 saturated carbocycles. The normalized spacial score (nSPS) is 16.6. The third-order valence-electron chi connectivity index (χ3n) is 4.03. The molecule has 1 fully saturated rings. The summed E-state index contributed by atoms with van der Waals surface area (Å²) in [6.07, 6.45) is 4.75. The molecule has 3 N–H and O–H groups in total. The number of nitrogens with two attached hydrogens (primary N) is 1. The van der Waals surface area contributed by atoms with Crippen LogP contribution in [-0.2, 0) is 11.3 Å². The van der Waals surface area contributed by atoms with Gasteiger partial charge in [0.1, 0.15) is 5.82 Å². The standard InChI is InChI=1S/C14H26N4O/c1-4-8-18-13(12(15)11(2)17-18)16-10-14(5-6-14)7-9-19-3/h16H,4-10,15H2,1-3H3. The maximum absolute atomic E-state index is 6.11. The number of nitrogen functional groups attached to an aromatic ring is 1. The van der Waals surface area contributed by atoms with E-state index < -0.39 is 0 Å². The van der Waals surface area contributed by atoms with Gasteiger partial charge < -0.3 is 15.8 Å². The zero-order valence-corrected chi connectivity index (χ0v) is 12.3. The van der Waals surface area contributed by atoms with Gasteiger partial charge in [-0.05, 0) is 38.0 Å². The van der Waals surface area contributed by atoms with Gasteiger partial charge >= 0.3 is 0 Å². The van der Waals surface area contributed by atoms with Gasteiger partial charge in [-0.1, -0.05) is 6.92 Å². The van der Waals surface area contributed by atoms with Crippen LogP contribution in [0.5, 0.6) is 0 Å². The average Bonchev–Trinajstić information content (AvgIpc) is 3.11. The number of nitrogens with zero attached hydrogens (tertiary/aromatic N) is 2. The lowest BCUT2D eigenvalue weighted by Gasteiger charge is -2.17. The second-order valence-electron chi connectivity index (χ2n) is 5.67. The van der Waals surface area contributed by atoms with E-state index in [1.807, 2.05) is 11.6 Å². The predicted molar refractivity (Wildman–Crippen MR) is 78.3 cm³/mol. The van der Waals surface area contributed by atoms with Gasteiger partial charge in [0, 0.05) is 26.8 Å². The van der Waals surface area contributed by atoms with Gasteiger partial charge in [-0.3, -0.25) is 0 Å². The lowest BCUT2D eigenvalue weighted by Crippen LogP contribution is -2.20. The highest BCUT2D eigenvalue weighted by molar-refractivity contribution is 5.64. The molecule has 5 heteroatoms. The molecular formula is C14H26N4O. The molecule has 0 unspecified atom stereocenters. The van der Waals surface area contributed by atoms with Crippen LogP contribution in [0.1, 0.15) is 38.3 Å². The smallest absolute Gasteiger partial charge is 0.148 e. The van der Waals surface area contributed by atoms with Gasteiger partial charge in [0.25, 0.3) is 0 Å². The van der Waals surface area contributed by atoms with Crippen molar-refractivity contribution in [3.63, 3.8) is 0 Å². The quantitative estimate of drug-likeness (QED) is 0.758. The van der Waals surface area contributed by atoms with Crippen LogP contribution in [0.4, 0.5) is 11.5 Å². The average molecular weight is 266 g/mol. The van der Waals surface area contributed by atoms with E-state index in [4.69, 9.17) is 10.5 Å². The van der Waals surface area contributed by atoms with Crippen LogP contribution in [0, 0.1) is 12.3 Å². The van der Waals surface area contributed by atoms with Crippen molar-refractivity contribution < 1.29 is 4.74 Å². The number of ether oxygens (including phenoxy) is 1. The van der Waals surface area contributed by atoms with E-state index in [2.05, 4.69) is 17.3 Å². The highest BCUT2D eigenvalue weighted by Gasteiger charge is 2.42. The number of aryl methyl sites for hydroxylation is 2. The molecule has 0 atom stereocenters. The molecule has 0 spiro atoms. The van der Waals surface area contributed by atoms with Crippen LogP contribution in [0.15, 0.2) is 0 Å².